The summed E-state index contributed by atoms with van der Waals surface area (Å²) in [6.07, 6.45) is 3.82. The molecule has 1 amide bonds. The third-order valence-corrected chi connectivity index (χ3v) is 5.49. The number of hydrogen-bond acceptors (Lipinski definition) is 7. The second-order valence-corrected chi connectivity index (χ2v) is 7.57. The normalized spacial score (nSPS) is 18.3. The quantitative estimate of drug-likeness (QED) is 0.789. The molecular weight excluding hydrogens is 370 g/mol. The number of ether oxygens (including phenoxy) is 2. The zero-order chi connectivity index (χ0) is 20.2. The first kappa shape index (κ1) is 19.4. The summed E-state index contributed by atoms with van der Waals surface area (Å²) in [7, 11) is 2.04. The Morgan fingerprint density at radius 2 is 2.10 bits per heavy atom. The third-order valence-electron chi connectivity index (χ3n) is 5.49. The highest BCUT2D eigenvalue weighted by Crippen LogP contribution is 2.31. The van der Waals surface area contributed by atoms with E-state index in [0.29, 0.717) is 50.3 Å². The highest BCUT2D eigenvalue weighted by Gasteiger charge is 2.29. The van der Waals surface area contributed by atoms with Gasteiger partial charge in [-0.1, -0.05) is 6.07 Å². The van der Waals surface area contributed by atoms with Crippen molar-refractivity contribution in [2.45, 2.75) is 31.8 Å². The lowest BCUT2D eigenvalue weighted by atomic mass is 10.1. The Labute approximate surface area is 170 Å². The number of likely N-dealkylation sites (tertiary alicyclic amines) is 1. The molecule has 29 heavy (non-hydrogen) atoms. The number of amides is 1. The maximum absolute atomic E-state index is 12.7. The highest BCUT2D eigenvalue weighted by molar-refractivity contribution is 5.76. The van der Waals surface area contributed by atoms with Gasteiger partial charge >= 0.3 is 0 Å². The van der Waals surface area contributed by atoms with E-state index in [1.54, 1.807) is 12.3 Å². The molecule has 0 bridgehead atoms. The van der Waals surface area contributed by atoms with Crippen LogP contribution in [-0.2, 0) is 17.8 Å². The molecular formula is C21H27N5O3. The number of anilines is 1. The van der Waals surface area contributed by atoms with Crippen LogP contribution in [0.25, 0.3) is 0 Å². The van der Waals surface area contributed by atoms with E-state index in [2.05, 4.69) is 14.9 Å². The van der Waals surface area contributed by atoms with Crippen LogP contribution in [0.2, 0.25) is 0 Å². The summed E-state index contributed by atoms with van der Waals surface area (Å²) in [6, 6.07) is 7.90. The molecule has 1 aromatic carbocycles. The largest absolute Gasteiger partial charge is 0.486 e. The average Bonchev–Trinajstić information content (AvgIpc) is 3.22. The van der Waals surface area contributed by atoms with Crippen LogP contribution in [0.15, 0.2) is 30.5 Å². The van der Waals surface area contributed by atoms with Gasteiger partial charge in [-0.2, -0.15) is 0 Å². The Hall–Kier alpha value is -2.87. The second-order valence-electron chi connectivity index (χ2n) is 7.57. The van der Waals surface area contributed by atoms with Gasteiger partial charge in [-0.15, -0.1) is 0 Å². The minimum Gasteiger partial charge on any atom is -0.486 e. The summed E-state index contributed by atoms with van der Waals surface area (Å²) < 4.78 is 11.2. The van der Waals surface area contributed by atoms with Gasteiger partial charge in [-0.25, -0.2) is 9.97 Å². The van der Waals surface area contributed by atoms with Crippen molar-refractivity contribution in [1.29, 1.82) is 0 Å². The van der Waals surface area contributed by atoms with Crippen molar-refractivity contribution in [1.82, 2.24) is 19.8 Å². The van der Waals surface area contributed by atoms with Crippen molar-refractivity contribution in [2.75, 3.05) is 39.1 Å². The van der Waals surface area contributed by atoms with E-state index < -0.39 is 0 Å². The van der Waals surface area contributed by atoms with Crippen molar-refractivity contribution in [3.8, 4) is 11.5 Å². The van der Waals surface area contributed by atoms with E-state index in [9.17, 15) is 4.79 Å². The number of aryl methyl sites for hydroxylation is 1. The maximum atomic E-state index is 12.7. The van der Waals surface area contributed by atoms with Gasteiger partial charge in [0.1, 0.15) is 24.9 Å². The van der Waals surface area contributed by atoms with Crippen LogP contribution in [0.5, 0.6) is 11.5 Å². The second kappa shape index (κ2) is 8.65. The van der Waals surface area contributed by atoms with E-state index in [-0.39, 0.29) is 5.91 Å². The van der Waals surface area contributed by atoms with Gasteiger partial charge < -0.3 is 20.1 Å². The molecule has 0 spiro atoms. The monoisotopic (exact) mass is 397 g/mol. The molecule has 1 atom stereocenters. The van der Waals surface area contributed by atoms with Crippen molar-refractivity contribution in [3.63, 3.8) is 0 Å². The maximum Gasteiger partial charge on any atom is 0.222 e. The molecule has 8 nitrogen and oxygen atoms in total. The molecule has 2 aliphatic rings. The molecule has 2 N–H and O–H groups in total. The Bertz CT molecular complexity index is 875. The minimum atomic E-state index is 0.191. The number of aromatic nitrogens is 2. The van der Waals surface area contributed by atoms with Gasteiger partial charge in [0.25, 0.3) is 0 Å². The number of fused-ring (bicyclic) bond motifs is 1. The van der Waals surface area contributed by atoms with E-state index >= 15 is 0 Å². The zero-order valence-corrected chi connectivity index (χ0v) is 16.7. The molecule has 0 unspecified atom stereocenters. The summed E-state index contributed by atoms with van der Waals surface area (Å²) in [4.78, 5) is 25.4. The fraction of sp³-hybridized carbons (Fsp3) is 0.476. The molecule has 1 aromatic heterocycles. The molecule has 1 fully saturated rings. The summed E-state index contributed by atoms with van der Waals surface area (Å²) in [5, 5.41) is 0. The first-order chi connectivity index (χ1) is 14.1. The van der Waals surface area contributed by atoms with E-state index in [4.69, 9.17) is 15.2 Å². The third kappa shape index (κ3) is 4.76. The molecule has 0 aliphatic carbocycles. The first-order valence-corrected chi connectivity index (χ1v) is 10.0. The highest BCUT2D eigenvalue weighted by atomic mass is 16.6. The lowest BCUT2D eigenvalue weighted by Gasteiger charge is -2.24. The van der Waals surface area contributed by atoms with Crippen molar-refractivity contribution in [3.05, 3.63) is 41.9 Å². The lowest BCUT2D eigenvalue weighted by Crippen LogP contribution is -2.36. The van der Waals surface area contributed by atoms with Crippen LogP contribution in [-0.4, -0.2) is 65.1 Å². The van der Waals surface area contributed by atoms with Crippen molar-refractivity contribution < 1.29 is 14.3 Å². The fourth-order valence-corrected chi connectivity index (χ4v) is 3.82. The molecule has 4 rings (SSSR count). The topological polar surface area (TPSA) is 93.8 Å². The molecule has 2 aromatic rings. The molecule has 154 valence electrons. The van der Waals surface area contributed by atoms with Crippen LogP contribution < -0.4 is 15.2 Å². The van der Waals surface area contributed by atoms with Gasteiger partial charge in [0.15, 0.2) is 11.5 Å². The molecule has 0 saturated carbocycles. The Balaban J connectivity index is 1.27. The summed E-state index contributed by atoms with van der Waals surface area (Å²) >= 11 is 0. The number of benzene rings is 1. The predicted octanol–water partition coefficient (Wildman–Crippen LogP) is 1.50. The van der Waals surface area contributed by atoms with Gasteiger partial charge in [-0.05, 0) is 43.7 Å². The van der Waals surface area contributed by atoms with E-state index in [1.165, 1.54) is 0 Å². The van der Waals surface area contributed by atoms with Crippen LogP contribution >= 0.6 is 0 Å². The summed E-state index contributed by atoms with van der Waals surface area (Å²) in [5.74, 6) is 2.92. The molecule has 8 heteroatoms. The molecule has 2 aliphatic heterocycles. The number of nitrogens with two attached hydrogens (primary N) is 1. The predicted molar refractivity (Wildman–Crippen MR) is 109 cm³/mol. The van der Waals surface area contributed by atoms with Crippen molar-refractivity contribution in [2.24, 2.45) is 0 Å². The Kier molecular flexibility index (Phi) is 5.80. The molecule has 0 radical (unpaired) electrons. The summed E-state index contributed by atoms with van der Waals surface area (Å²) in [6.45, 7) is 3.29. The van der Waals surface area contributed by atoms with E-state index in [0.717, 1.165) is 36.6 Å². The number of nitrogen functional groups attached to an aromatic ring is 1. The number of rotatable bonds is 6. The number of carbonyl (C=O) groups is 1. The first-order valence-electron chi connectivity index (χ1n) is 10.0. The van der Waals surface area contributed by atoms with Crippen LogP contribution in [0.3, 0.4) is 0 Å². The van der Waals surface area contributed by atoms with Crippen LogP contribution in [0.4, 0.5) is 5.82 Å². The average molecular weight is 397 g/mol. The lowest BCUT2D eigenvalue weighted by molar-refractivity contribution is -0.130. The molecule has 3 heterocycles. The standard InChI is InChI=1S/C21H27N5O3/c1-25(14-20-23-8-6-19(22)24-20)16-7-9-26(13-16)21(27)5-3-15-2-4-17-18(12-15)29-11-10-28-17/h2,4,6,8,12,16H,3,5,7,9-11,13-14H2,1H3,(H2,22,23,24)/t16-/m0/s1. The Morgan fingerprint density at radius 1 is 1.28 bits per heavy atom. The smallest absolute Gasteiger partial charge is 0.222 e. The summed E-state index contributed by atoms with van der Waals surface area (Å²) in [5.41, 5.74) is 6.82. The van der Waals surface area contributed by atoms with E-state index in [1.807, 2.05) is 30.1 Å². The molecule has 1 saturated heterocycles. The van der Waals surface area contributed by atoms with Gasteiger partial charge in [-0.3, -0.25) is 9.69 Å². The Morgan fingerprint density at radius 3 is 2.93 bits per heavy atom. The van der Waals surface area contributed by atoms with Gasteiger partial charge in [0.05, 0.1) is 6.54 Å². The zero-order valence-electron chi connectivity index (χ0n) is 16.7. The van der Waals surface area contributed by atoms with Gasteiger partial charge in [0.2, 0.25) is 5.91 Å². The fourth-order valence-electron chi connectivity index (χ4n) is 3.82. The van der Waals surface area contributed by atoms with Crippen LogP contribution in [0, 0.1) is 0 Å². The number of likely N-dealkylation sites (N-methyl/N-ethyl adjacent to an activating group) is 1. The van der Waals surface area contributed by atoms with Crippen LogP contribution in [0.1, 0.15) is 24.2 Å². The number of hydrogen-bond donors (Lipinski definition) is 1. The number of carbonyl (C=O) groups excluding carboxylic acids is 1. The van der Waals surface area contributed by atoms with Gasteiger partial charge in [0, 0.05) is 31.7 Å². The number of nitrogens with zero attached hydrogens (tertiary/aromatic N) is 4. The van der Waals surface area contributed by atoms with Crippen molar-refractivity contribution >= 4 is 11.7 Å². The SMILES string of the molecule is CN(Cc1nccc(N)n1)[C@H]1CCN(C(=O)CCc2ccc3c(c2)OCCO3)C1. The minimum absolute atomic E-state index is 0.191.